The second-order valence-corrected chi connectivity index (χ2v) is 6.62. The Balaban J connectivity index is 2.87. The van der Waals surface area contributed by atoms with Crippen LogP contribution in [0.3, 0.4) is 0 Å². The molecule has 0 heterocycles. The largest absolute Gasteiger partial charge is 0.0921 e. The van der Waals surface area contributed by atoms with Crippen molar-refractivity contribution in [2.75, 3.05) is 10.7 Å². The van der Waals surface area contributed by atoms with E-state index < -0.39 is 0 Å². The van der Waals surface area contributed by atoms with Crippen LogP contribution in [0.1, 0.15) is 19.4 Å². The topological polar surface area (TPSA) is 0 Å². The highest BCUT2D eigenvalue weighted by Crippen LogP contribution is 2.36. The summed E-state index contributed by atoms with van der Waals surface area (Å²) in [4.78, 5) is 0. The molecule has 1 aromatic carbocycles. The molecule has 0 unspecified atom stereocenters. The maximum atomic E-state index is 3.67. The van der Waals surface area contributed by atoms with E-state index in [2.05, 4.69) is 85.9 Å². The number of rotatable bonds is 5. The van der Waals surface area contributed by atoms with Crippen LogP contribution in [-0.4, -0.2) is 10.7 Å². The van der Waals surface area contributed by atoms with E-state index in [1.807, 2.05) is 0 Å². The van der Waals surface area contributed by atoms with Crippen molar-refractivity contribution < 1.29 is 0 Å². The van der Waals surface area contributed by atoms with E-state index in [1.165, 1.54) is 5.56 Å². The lowest BCUT2D eigenvalue weighted by atomic mass is 9.76. The number of benzene rings is 1. The van der Waals surface area contributed by atoms with Crippen molar-refractivity contribution in [1.82, 2.24) is 0 Å². The first kappa shape index (κ1) is 14.7. The lowest BCUT2D eigenvalue weighted by molar-refractivity contribution is 0.268. The van der Waals surface area contributed by atoms with Gasteiger partial charge in [-0.3, -0.25) is 0 Å². The molecule has 0 aliphatic rings. The normalized spacial score (nSPS) is 12.1. The predicted octanol–water partition coefficient (Wildman–Crippen LogP) is 5.42. The Morgan fingerprint density at radius 2 is 1.56 bits per heavy atom. The predicted molar refractivity (Wildman–Crippen MR) is 82.7 cm³/mol. The Morgan fingerprint density at radius 3 is 1.94 bits per heavy atom. The van der Waals surface area contributed by atoms with Gasteiger partial charge in [-0.1, -0.05) is 73.8 Å². The standard InChI is InChI=1S/C13H17Br3/c1-10(2)13(8-14,9-15)7-11-3-5-12(16)6-4-11/h3-6,10H,7-9H2,1-2H3. The maximum absolute atomic E-state index is 3.67. The summed E-state index contributed by atoms with van der Waals surface area (Å²) in [7, 11) is 0. The molecule has 16 heavy (non-hydrogen) atoms. The van der Waals surface area contributed by atoms with Crippen LogP contribution in [0.5, 0.6) is 0 Å². The minimum Gasteiger partial charge on any atom is -0.0921 e. The van der Waals surface area contributed by atoms with Crippen LogP contribution < -0.4 is 0 Å². The maximum Gasteiger partial charge on any atom is 0.0175 e. The van der Waals surface area contributed by atoms with Gasteiger partial charge in [-0.25, -0.2) is 0 Å². The van der Waals surface area contributed by atoms with Crippen molar-refractivity contribution in [2.45, 2.75) is 20.3 Å². The van der Waals surface area contributed by atoms with Gasteiger partial charge in [-0.05, 0) is 35.4 Å². The molecule has 0 bridgehead atoms. The first-order valence-corrected chi connectivity index (χ1v) is 8.44. The smallest absolute Gasteiger partial charge is 0.0175 e. The van der Waals surface area contributed by atoms with Gasteiger partial charge in [0.1, 0.15) is 0 Å². The Labute approximate surface area is 124 Å². The molecule has 0 amide bonds. The number of halogens is 3. The van der Waals surface area contributed by atoms with Crippen LogP contribution >= 0.6 is 47.8 Å². The Morgan fingerprint density at radius 1 is 1.06 bits per heavy atom. The quantitative estimate of drug-likeness (QED) is 0.566. The summed E-state index contributed by atoms with van der Waals surface area (Å²) in [5.41, 5.74) is 1.70. The summed E-state index contributed by atoms with van der Waals surface area (Å²) >= 11 is 10.8. The summed E-state index contributed by atoms with van der Waals surface area (Å²) in [5.74, 6) is 0.648. The zero-order valence-electron chi connectivity index (χ0n) is 9.64. The highest BCUT2D eigenvalue weighted by molar-refractivity contribution is 9.10. The summed E-state index contributed by atoms with van der Waals surface area (Å²) < 4.78 is 1.14. The number of hydrogen-bond acceptors (Lipinski definition) is 0. The molecule has 0 atom stereocenters. The van der Waals surface area contributed by atoms with Gasteiger partial charge in [-0.2, -0.15) is 0 Å². The molecular weight excluding hydrogens is 396 g/mol. The molecule has 3 heteroatoms. The third-order valence-corrected chi connectivity index (χ3v) is 5.99. The summed E-state index contributed by atoms with van der Waals surface area (Å²) in [6, 6.07) is 8.63. The van der Waals surface area contributed by atoms with Gasteiger partial charge in [0.15, 0.2) is 0 Å². The lowest BCUT2D eigenvalue weighted by Crippen LogP contribution is -2.33. The van der Waals surface area contributed by atoms with Crippen molar-refractivity contribution in [3.8, 4) is 0 Å². The first-order chi connectivity index (χ1) is 7.54. The molecular formula is C13H17Br3. The van der Waals surface area contributed by atoms with Crippen LogP contribution in [0.2, 0.25) is 0 Å². The molecule has 0 radical (unpaired) electrons. The van der Waals surface area contributed by atoms with Gasteiger partial charge in [0.05, 0.1) is 0 Å². The van der Waals surface area contributed by atoms with Gasteiger partial charge in [-0.15, -0.1) is 0 Å². The fourth-order valence-electron chi connectivity index (χ4n) is 1.65. The summed E-state index contributed by atoms with van der Waals surface area (Å²) in [6.45, 7) is 4.59. The second kappa shape index (κ2) is 6.55. The van der Waals surface area contributed by atoms with Gasteiger partial charge in [0, 0.05) is 15.1 Å². The number of alkyl halides is 2. The Kier molecular flexibility index (Phi) is 6.03. The van der Waals surface area contributed by atoms with Crippen molar-refractivity contribution in [2.24, 2.45) is 11.3 Å². The van der Waals surface area contributed by atoms with Crippen LogP contribution in [0, 0.1) is 11.3 Å². The average molecular weight is 413 g/mol. The van der Waals surface area contributed by atoms with Crippen LogP contribution in [0.25, 0.3) is 0 Å². The van der Waals surface area contributed by atoms with Gasteiger partial charge in [0.2, 0.25) is 0 Å². The Hall–Kier alpha value is 0.660. The van der Waals surface area contributed by atoms with E-state index in [4.69, 9.17) is 0 Å². The fourth-order valence-corrected chi connectivity index (χ4v) is 4.54. The van der Waals surface area contributed by atoms with Crippen molar-refractivity contribution in [3.05, 3.63) is 34.3 Å². The summed E-state index contributed by atoms with van der Waals surface area (Å²) in [5, 5.41) is 2.05. The molecule has 1 rings (SSSR count). The molecule has 0 spiro atoms. The molecule has 90 valence electrons. The van der Waals surface area contributed by atoms with Gasteiger partial charge < -0.3 is 0 Å². The molecule has 0 fully saturated rings. The number of hydrogen-bond donors (Lipinski definition) is 0. The molecule has 1 aromatic rings. The van der Waals surface area contributed by atoms with Crippen molar-refractivity contribution in [1.29, 1.82) is 0 Å². The molecule has 0 nitrogen and oxygen atoms in total. The minimum atomic E-state index is 0.299. The molecule has 0 aromatic heterocycles. The van der Waals surface area contributed by atoms with E-state index in [9.17, 15) is 0 Å². The van der Waals surface area contributed by atoms with Crippen LogP contribution in [0.15, 0.2) is 28.7 Å². The highest BCUT2D eigenvalue weighted by Gasteiger charge is 2.31. The Bertz CT molecular complexity index is 312. The molecule has 0 aliphatic carbocycles. The van der Waals surface area contributed by atoms with E-state index in [1.54, 1.807) is 0 Å². The van der Waals surface area contributed by atoms with Gasteiger partial charge >= 0.3 is 0 Å². The van der Waals surface area contributed by atoms with Gasteiger partial charge in [0.25, 0.3) is 0 Å². The zero-order chi connectivity index (χ0) is 12.2. The van der Waals surface area contributed by atoms with E-state index in [0.29, 0.717) is 11.3 Å². The third-order valence-electron chi connectivity index (χ3n) is 3.23. The zero-order valence-corrected chi connectivity index (χ0v) is 14.4. The molecule has 0 saturated heterocycles. The van der Waals surface area contributed by atoms with Crippen LogP contribution in [-0.2, 0) is 6.42 Å². The fraction of sp³-hybridized carbons (Fsp3) is 0.538. The molecule has 0 aliphatic heterocycles. The third kappa shape index (κ3) is 3.58. The first-order valence-electron chi connectivity index (χ1n) is 5.40. The van der Waals surface area contributed by atoms with Crippen LogP contribution in [0.4, 0.5) is 0 Å². The lowest BCUT2D eigenvalue weighted by Gasteiger charge is -2.34. The monoisotopic (exact) mass is 410 g/mol. The highest BCUT2D eigenvalue weighted by atomic mass is 79.9. The van der Waals surface area contributed by atoms with E-state index in [0.717, 1.165) is 21.6 Å². The molecule has 0 saturated carbocycles. The minimum absolute atomic E-state index is 0.299. The average Bonchev–Trinajstić information content (AvgIpc) is 2.28. The molecule has 0 N–H and O–H groups in total. The van der Waals surface area contributed by atoms with E-state index >= 15 is 0 Å². The second-order valence-electron chi connectivity index (χ2n) is 4.59. The SMILES string of the molecule is CC(C)C(CBr)(CBr)Cc1ccc(Br)cc1. The summed E-state index contributed by atoms with van der Waals surface area (Å²) in [6.07, 6.45) is 1.11. The van der Waals surface area contributed by atoms with E-state index in [-0.39, 0.29) is 0 Å². The van der Waals surface area contributed by atoms with Crippen molar-refractivity contribution >= 4 is 47.8 Å². The van der Waals surface area contributed by atoms with Crippen molar-refractivity contribution in [3.63, 3.8) is 0 Å².